The molecule has 0 aromatic carbocycles. The standard InChI is InChI=1S/C21H33N5O.HI/c1-3-22-20(26-10-9-21(16-26)7-4-8-21)24-14-18-5-6-19(23-13-18)25-11-12-27-17(2)15-25;/h5-6,13,17H,3-4,7-12,14-16H2,1-2H3,(H,22,24);1H. The molecule has 1 aromatic rings. The molecule has 0 radical (unpaired) electrons. The minimum atomic E-state index is 0. The maximum absolute atomic E-state index is 5.62. The first-order chi connectivity index (χ1) is 13.2. The topological polar surface area (TPSA) is 53.0 Å². The van der Waals surface area contributed by atoms with Gasteiger partial charge in [0.15, 0.2) is 5.96 Å². The van der Waals surface area contributed by atoms with Gasteiger partial charge >= 0.3 is 0 Å². The molecule has 0 amide bonds. The second kappa shape index (κ2) is 9.61. The van der Waals surface area contributed by atoms with Crippen LogP contribution in [0, 0.1) is 5.41 Å². The molecule has 1 aromatic heterocycles. The number of nitrogens with one attached hydrogen (secondary N) is 1. The zero-order chi connectivity index (χ0) is 18.7. The summed E-state index contributed by atoms with van der Waals surface area (Å²) >= 11 is 0. The number of ether oxygens (including phenoxy) is 1. The van der Waals surface area contributed by atoms with Crippen molar-refractivity contribution in [3.8, 4) is 0 Å². The largest absolute Gasteiger partial charge is 0.375 e. The number of hydrogen-bond donors (Lipinski definition) is 1. The van der Waals surface area contributed by atoms with Crippen molar-refractivity contribution in [1.29, 1.82) is 0 Å². The van der Waals surface area contributed by atoms with E-state index < -0.39 is 0 Å². The molecule has 0 bridgehead atoms. The van der Waals surface area contributed by atoms with Crippen LogP contribution < -0.4 is 10.2 Å². The number of likely N-dealkylation sites (tertiary alicyclic amines) is 1. The molecule has 2 saturated heterocycles. The Morgan fingerprint density at radius 3 is 2.79 bits per heavy atom. The van der Waals surface area contributed by atoms with Gasteiger partial charge in [0.25, 0.3) is 0 Å². The zero-order valence-electron chi connectivity index (χ0n) is 17.2. The number of anilines is 1. The Morgan fingerprint density at radius 1 is 1.32 bits per heavy atom. The molecule has 2 aliphatic heterocycles. The summed E-state index contributed by atoms with van der Waals surface area (Å²) in [5.41, 5.74) is 1.75. The fourth-order valence-corrected chi connectivity index (χ4v) is 4.52. The molecular formula is C21H34IN5O. The molecule has 3 fully saturated rings. The molecule has 28 heavy (non-hydrogen) atoms. The van der Waals surface area contributed by atoms with E-state index in [0.29, 0.717) is 12.0 Å². The third kappa shape index (κ3) is 4.90. The Balaban J connectivity index is 0.00000225. The maximum Gasteiger partial charge on any atom is 0.194 e. The number of guanidine groups is 1. The second-order valence-electron chi connectivity index (χ2n) is 8.35. The van der Waals surface area contributed by atoms with Crippen molar-refractivity contribution in [2.45, 2.75) is 52.2 Å². The zero-order valence-corrected chi connectivity index (χ0v) is 19.5. The number of aromatic nitrogens is 1. The molecule has 7 heteroatoms. The normalized spacial score (nSPS) is 24.1. The monoisotopic (exact) mass is 499 g/mol. The SMILES string of the molecule is CCNC(=NCc1ccc(N2CCOC(C)C2)nc1)N1CCC2(CCC2)C1.I. The Kier molecular flexibility index (Phi) is 7.42. The highest BCUT2D eigenvalue weighted by Gasteiger charge is 2.43. The van der Waals surface area contributed by atoms with E-state index in [4.69, 9.17) is 9.73 Å². The Labute approximate surface area is 186 Å². The number of pyridine rings is 1. The quantitative estimate of drug-likeness (QED) is 0.392. The fourth-order valence-electron chi connectivity index (χ4n) is 4.52. The van der Waals surface area contributed by atoms with Gasteiger partial charge in [-0.3, -0.25) is 0 Å². The van der Waals surface area contributed by atoms with Crippen LogP contribution in [-0.4, -0.2) is 61.3 Å². The van der Waals surface area contributed by atoms with Crippen LogP contribution in [0.25, 0.3) is 0 Å². The highest BCUT2D eigenvalue weighted by atomic mass is 127. The van der Waals surface area contributed by atoms with Crippen molar-refractivity contribution >= 4 is 35.8 Å². The summed E-state index contributed by atoms with van der Waals surface area (Å²) in [4.78, 5) is 14.3. The first-order valence-electron chi connectivity index (χ1n) is 10.5. The van der Waals surface area contributed by atoms with E-state index in [1.165, 1.54) is 32.2 Å². The van der Waals surface area contributed by atoms with Crippen molar-refractivity contribution in [3.63, 3.8) is 0 Å². The van der Waals surface area contributed by atoms with Crippen LogP contribution in [0.4, 0.5) is 5.82 Å². The van der Waals surface area contributed by atoms with Gasteiger partial charge in [-0.15, -0.1) is 24.0 Å². The van der Waals surface area contributed by atoms with Gasteiger partial charge < -0.3 is 19.9 Å². The minimum Gasteiger partial charge on any atom is -0.375 e. The van der Waals surface area contributed by atoms with Crippen molar-refractivity contribution in [2.24, 2.45) is 10.4 Å². The van der Waals surface area contributed by atoms with E-state index in [1.807, 2.05) is 6.20 Å². The Hall–Kier alpha value is -1.09. The molecule has 156 valence electrons. The van der Waals surface area contributed by atoms with Gasteiger partial charge in [-0.05, 0) is 50.2 Å². The van der Waals surface area contributed by atoms with Crippen LogP contribution in [0.2, 0.25) is 0 Å². The molecule has 6 nitrogen and oxygen atoms in total. The number of hydrogen-bond acceptors (Lipinski definition) is 4. The summed E-state index contributed by atoms with van der Waals surface area (Å²) in [6, 6.07) is 4.28. The van der Waals surface area contributed by atoms with Crippen molar-refractivity contribution in [1.82, 2.24) is 15.2 Å². The van der Waals surface area contributed by atoms with Gasteiger partial charge in [0, 0.05) is 38.9 Å². The smallest absolute Gasteiger partial charge is 0.194 e. The Morgan fingerprint density at radius 2 is 2.18 bits per heavy atom. The number of nitrogens with zero attached hydrogens (tertiary/aromatic N) is 4. The van der Waals surface area contributed by atoms with E-state index in [2.05, 4.69) is 46.1 Å². The lowest BCUT2D eigenvalue weighted by molar-refractivity contribution is 0.0529. The third-order valence-corrected chi connectivity index (χ3v) is 6.27. The van der Waals surface area contributed by atoms with Crippen LogP contribution in [-0.2, 0) is 11.3 Å². The molecule has 1 atom stereocenters. The first-order valence-corrected chi connectivity index (χ1v) is 10.5. The lowest BCUT2D eigenvalue weighted by Crippen LogP contribution is -2.42. The lowest BCUT2D eigenvalue weighted by Gasteiger charge is -2.38. The number of aliphatic imine (C=N–C) groups is 1. The summed E-state index contributed by atoms with van der Waals surface area (Å²) in [7, 11) is 0. The van der Waals surface area contributed by atoms with Gasteiger partial charge in [-0.2, -0.15) is 0 Å². The van der Waals surface area contributed by atoms with E-state index in [0.717, 1.165) is 50.1 Å². The van der Waals surface area contributed by atoms with E-state index in [9.17, 15) is 0 Å². The number of morpholine rings is 1. The highest BCUT2D eigenvalue weighted by Crippen LogP contribution is 2.47. The van der Waals surface area contributed by atoms with Crippen LogP contribution >= 0.6 is 24.0 Å². The minimum absolute atomic E-state index is 0. The Bertz CT molecular complexity index is 661. The van der Waals surface area contributed by atoms with Crippen molar-refractivity contribution in [3.05, 3.63) is 23.9 Å². The predicted molar refractivity (Wildman–Crippen MR) is 125 cm³/mol. The maximum atomic E-state index is 5.62. The number of rotatable bonds is 4. The van der Waals surface area contributed by atoms with E-state index in [1.54, 1.807) is 0 Å². The molecule has 3 heterocycles. The van der Waals surface area contributed by atoms with Crippen molar-refractivity contribution < 1.29 is 4.74 Å². The van der Waals surface area contributed by atoms with Crippen LogP contribution in [0.1, 0.15) is 45.1 Å². The van der Waals surface area contributed by atoms with Gasteiger partial charge in [-0.1, -0.05) is 12.5 Å². The van der Waals surface area contributed by atoms with Crippen LogP contribution in [0.3, 0.4) is 0 Å². The molecule has 1 saturated carbocycles. The summed E-state index contributed by atoms with van der Waals surface area (Å²) in [6.07, 6.45) is 7.77. The highest BCUT2D eigenvalue weighted by molar-refractivity contribution is 14.0. The average Bonchev–Trinajstić information content (AvgIpc) is 3.12. The van der Waals surface area contributed by atoms with Gasteiger partial charge in [0.1, 0.15) is 5.82 Å². The van der Waals surface area contributed by atoms with E-state index in [-0.39, 0.29) is 30.1 Å². The summed E-state index contributed by atoms with van der Waals surface area (Å²) in [6.45, 7) is 10.8. The fraction of sp³-hybridized carbons (Fsp3) is 0.714. The molecule has 3 aliphatic rings. The van der Waals surface area contributed by atoms with Gasteiger partial charge in [0.2, 0.25) is 0 Å². The first kappa shape index (κ1) is 21.6. The summed E-state index contributed by atoms with van der Waals surface area (Å²) in [5.74, 6) is 2.10. The van der Waals surface area contributed by atoms with Gasteiger partial charge in [-0.25, -0.2) is 9.98 Å². The van der Waals surface area contributed by atoms with Crippen LogP contribution in [0.5, 0.6) is 0 Å². The molecule has 1 N–H and O–H groups in total. The molecule has 1 unspecified atom stereocenters. The summed E-state index contributed by atoms with van der Waals surface area (Å²) in [5, 5.41) is 3.48. The molecule has 1 aliphatic carbocycles. The second-order valence-corrected chi connectivity index (χ2v) is 8.35. The third-order valence-electron chi connectivity index (χ3n) is 6.27. The number of halogens is 1. The molecular weight excluding hydrogens is 465 g/mol. The summed E-state index contributed by atoms with van der Waals surface area (Å²) < 4.78 is 5.62. The van der Waals surface area contributed by atoms with E-state index >= 15 is 0 Å². The molecule has 1 spiro atoms. The average molecular weight is 499 g/mol. The molecule has 4 rings (SSSR count). The lowest BCUT2D eigenvalue weighted by atomic mass is 9.68. The van der Waals surface area contributed by atoms with Crippen LogP contribution in [0.15, 0.2) is 23.3 Å². The van der Waals surface area contributed by atoms with Crippen molar-refractivity contribution in [2.75, 3.05) is 44.2 Å². The van der Waals surface area contributed by atoms with Gasteiger partial charge in [0.05, 0.1) is 19.3 Å². The predicted octanol–water partition coefficient (Wildman–Crippen LogP) is 3.27.